The zero-order chi connectivity index (χ0) is 22.8. The second kappa shape index (κ2) is 8.64. The van der Waals surface area contributed by atoms with E-state index < -0.39 is 5.97 Å². The highest BCUT2D eigenvalue weighted by Crippen LogP contribution is 2.30. The largest absolute Gasteiger partial charge is 0.491 e. The zero-order valence-electron chi connectivity index (χ0n) is 17.7. The molecule has 7 heteroatoms. The summed E-state index contributed by atoms with van der Waals surface area (Å²) < 4.78 is 7.15. The minimum atomic E-state index is -1.04. The molecule has 0 unspecified atom stereocenters. The van der Waals surface area contributed by atoms with Gasteiger partial charge in [-0.3, -0.25) is 9.36 Å². The maximum atomic E-state index is 13.5. The van der Waals surface area contributed by atoms with Crippen LogP contribution >= 0.6 is 0 Å². The highest BCUT2D eigenvalue weighted by Gasteiger charge is 2.17. The minimum Gasteiger partial charge on any atom is -0.491 e. The van der Waals surface area contributed by atoms with Crippen molar-refractivity contribution in [2.24, 2.45) is 0 Å². The van der Waals surface area contributed by atoms with Gasteiger partial charge >= 0.3 is 5.97 Å². The summed E-state index contributed by atoms with van der Waals surface area (Å²) >= 11 is 0. The van der Waals surface area contributed by atoms with Gasteiger partial charge in [0.1, 0.15) is 18.2 Å². The summed E-state index contributed by atoms with van der Waals surface area (Å²) in [5, 5.41) is 18.8. The van der Waals surface area contributed by atoms with E-state index in [-0.39, 0.29) is 24.3 Å². The maximum absolute atomic E-state index is 13.5. The molecule has 0 aliphatic carbocycles. The average Bonchev–Trinajstić information content (AvgIpc) is 2.78. The van der Waals surface area contributed by atoms with Crippen LogP contribution in [0.1, 0.15) is 21.5 Å². The highest BCUT2D eigenvalue weighted by atomic mass is 16.5. The number of nitrogens with zero attached hydrogens (tertiary/aromatic N) is 2. The normalized spacial score (nSPS) is 11.0. The Balaban J connectivity index is 1.98. The third-order valence-corrected chi connectivity index (χ3v) is 5.20. The molecule has 0 saturated carbocycles. The number of aliphatic hydroxyl groups excluding tert-OH is 1. The van der Waals surface area contributed by atoms with Crippen molar-refractivity contribution in [3.05, 3.63) is 87.7 Å². The molecule has 0 aliphatic rings. The summed E-state index contributed by atoms with van der Waals surface area (Å²) in [7, 11) is 0. The van der Waals surface area contributed by atoms with Crippen LogP contribution < -0.4 is 10.3 Å². The molecule has 4 aromatic rings. The van der Waals surface area contributed by atoms with Crippen molar-refractivity contribution >= 4 is 16.9 Å². The van der Waals surface area contributed by atoms with Crippen LogP contribution in [0.25, 0.3) is 28.0 Å². The molecule has 0 fully saturated rings. The lowest BCUT2D eigenvalue weighted by molar-refractivity contribution is 0.0697. The summed E-state index contributed by atoms with van der Waals surface area (Å²) in [5.74, 6) is 0.0884. The average molecular weight is 430 g/mol. The molecule has 7 nitrogen and oxygen atoms in total. The number of aromatic carboxylic acids is 1. The minimum absolute atomic E-state index is 0.0846. The molecule has 1 heterocycles. The molecule has 1 aromatic heterocycles. The Bertz CT molecular complexity index is 1350. The number of carboxylic acids is 1. The fourth-order valence-electron chi connectivity index (χ4n) is 3.77. The van der Waals surface area contributed by atoms with Gasteiger partial charge in [-0.05, 0) is 73.5 Å². The van der Waals surface area contributed by atoms with E-state index in [1.807, 2.05) is 32.0 Å². The van der Waals surface area contributed by atoms with Gasteiger partial charge in [0, 0.05) is 5.56 Å². The van der Waals surface area contributed by atoms with Crippen LogP contribution in [0.4, 0.5) is 0 Å². The third-order valence-electron chi connectivity index (χ3n) is 5.20. The van der Waals surface area contributed by atoms with Gasteiger partial charge < -0.3 is 14.9 Å². The van der Waals surface area contributed by atoms with Crippen molar-refractivity contribution in [3.63, 3.8) is 0 Å². The molecule has 0 radical (unpaired) electrons. The second-order valence-corrected chi connectivity index (χ2v) is 7.46. The fraction of sp³-hybridized carbons (Fsp3) is 0.160. The fourth-order valence-corrected chi connectivity index (χ4v) is 3.77. The number of para-hydroxylation sites is 1. The number of hydrogen-bond acceptors (Lipinski definition) is 5. The van der Waals surface area contributed by atoms with Crippen LogP contribution in [-0.2, 0) is 0 Å². The van der Waals surface area contributed by atoms with Gasteiger partial charge in [-0.25, -0.2) is 9.78 Å². The molecule has 32 heavy (non-hydrogen) atoms. The molecule has 0 bridgehead atoms. The molecule has 4 rings (SSSR count). The quantitative estimate of drug-likeness (QED) is 0.483. The van der Waals surface area contributed by atoms with Crippen molar-refractivity contribution in [3.8, 4) is 22.8 Å². The number of carboxylic acid groups (broad SMARTS) is 1. The van der Waals surface area contributed by atoms with E-state index in [1.54, 1.807) is 30.3 Å². The number of benzene rings is 3. The van der Waals surface area contributed by atoms with Crippen molar-refractivity contribution in [1.29, 1.82) is 0 Å². The van der Waals surface area contributed by atoms with Gasteiger partial charge in [0.25, 0.3) is 5.56 Å². The molecular weight excluding hydrogens is 408 g/mol. The lowest BCUT2D eigenvalue weighted by Gasteiger charge is -2.17. The first-order valence-electron chi connectivity index (χ1n) is 10.1. The topological polar surface area (TPSA) is 102 Å². The number of aryl methyl sites for hydroxylation is 2. The predicted octanol–water partition coefficient (Wildman–Crippen LogP) is 3.74. The Morgan fingerprint density at radius 1 is 1.03 bits per heavy atom. The van der Waals surface area contributed by atoms with Crippen LogP contribution in [0.15, 0.2) is 65.5 Å². The number of aromatic nitrogens is 2. The Morgan fingerprint density at radius 2 is 1.69 bits per heavy atom. The van der Waals surface area contributed by atoms with Crippen LogP contribution in [0, 0.1) is 13.8 Å². The summed E-state index contributed by atoms with van der Waals surface area (Å²) in [6, 6.07) is 17.0. The molecular formula is C25H22N2O5. The van der Waals surface area contributed by atoms with Crippen LogP contribution in [-0.4, -0.2) is 38.9 Å². The van der Waals surface area contributed by atoms with E-state index >= 15 is 0 Å². The maximum Gasteiger partial charge on any atom is 0.335 e. The zero-order valence-corrected chi connectivity index (χ0v) is 17.7. The van der Waals surface area contributed by atoms with Crippen LogP contribution in [0.5, 0.6) is 5.75 Å². The summed E-state index contributed by atoms with van der Waals surface area (Å²) in [6.45, 7) is 3.90. The monoisotopic (exact) mass is 430 g/mol. The van der Waals surface area contributed by atoms with Crippen molar-refractivity contribution in [1.82, 2.24) is 9.55 Å². The Labute approximate surface area is 184 Å². The number of carbonyl (C=O) groups is 1. The molecule has 3 aromatic carbocycles. The smallest absolute Gasteiger partial charge is 0.335 e. The van der Waals surface area contributed by atoms with Gasteiger partial charge in [-0.15, -0.1) is 0 Å². The van der Waals surface area contributed by atoms with Crippen molar-refractivity contribution in [2.45, 2.75) is 13.8 Å². The molecule has 0 amide bonds. The van der Waals surface area contributed by atoms with Crippen molar-refractivity contribution in [2.75, 3.05) is 13.2 Å². The number of ether oxygens (including phenoxy) is 1. The van der Waals surface area contributed by atoms with Gasteiger partial charge in [0.15, 0.2) is 0 Å². The first-order valence-corrected chi connectivity index (χ1v) is 10.1. The van der Waals surface area contributed by atoms with Crippen molar-refractivity contribution < 1.29 is 19.7 Å². The number of fused-ring (bicyclic) bond motifs is 1. The number of hydrogen-bond donors (Lipinski definition) is 2. The van der Waals surface area contributed by atoms with Gasteiger partial charge in [0.2, 0.25) is 0 Å². The molecule has 0 saturated heterocycles. The van der Waals surface area contributed by atoms with Crippen LogP contribution in [0.3, 0.4) is 0 Å². The third kappa shape index (κ3) is 3.86. The van der Waals surface area contributed by atoms with Gasteiger partial charge in [-0.2, -0.15) is 0 Å². The number of aliphatic hydroxyl groups is 1. The summed E-state index contributed by atoms with van der Waals surface area (Å²) in [5.41, 5.74) is 3.40. The second-order valence-electron chi connectivity index (χ2n) is 7.46. The van der Waals surface area contributed by atoms with E-state index in [0.717, 1.165) is 16.7 Å². The first-order chi connectivity index (χ1) is 15.4. The summed E-state index contributed by atoms with van der Waals surface area (Å²) in [4.78, 5) is 29.5. The lowest BCUT2D eigenvalue weighted by Crippen LogP contribution is -2.22. The molecule has 0 spiro atoms. The van der Waals surface area contributed by atoms with E-state index in [9.17, 15) is 14.7 Å². The molecule has 0 atom stereocenters. The Hall–Kier alpha value is -3.97. The Morgan fingerprint density at radius 3 is 2.31 bits per heavy atom. The molecule has 2 N–H and O–H groups in total. The predicted molar refractivity (Wildman–Crippen MR) is 122 cm³/mol. The summed E-state index contributed by atoms with van der Waals surface area (Å²) in [6.07, 6.45) is 0. The standard InChI is InChI=1S/C25H22N2O5/c1-15-13-18(14-16(2)22(15)32-12-11-28)23-26-21-6-4-3-5-20(21)24(29)27(23)19-9-7-17(8-10-19)25(30)31/h3-10,13-14,28H,11-12H2,1-2H3,(H,30,31). The van der Waals surface area contributed by atoms with E-state index in [0.29, 0.717) is 28.2 Å². The SMILES string of the molecule is Cc1cc(-c2nc3ccccc3c(=O)n2-c2ccc(C(=O)O)cc2)cc(C)c1OCCO. The molecule has 162 valence electrons. The molecule has 0 aliphatic heterocycles. The van der Waals surface area contributed by atoms with Gasteiger partial charge in [0.05, 0.1) is 28.8 Å². The van der Waals surface area contributed by atoms with E-state index in [1.165, 1.54) is 16.7 Å². The highest BCUT2D eigenvalue weighted by molar-refractivity contribution is 5.88. The van der Waals surface area contributed by atoms with E-state index in [2.05, 4.69) is 0 Å². The first kappa shape index (κ1) is 21.3. The lowest BCUT2D eigenvalue weighted by atomic mass is 10.0. The van der Waals surface area contributed by atoms with E-state index in [4.69, 9.17) is 14.8 Å². The number of rotatable bonds is 6. The van der Waals surface area contributed by atoms with Crippen LogP contribution in [0.2, 0.25) is 0 Å². The van der Waals surface area contributed by atoms with Gasteiger partial charge in [-0.1, -0.05) is 12.1 Å². The Kier molecular flexibility index (Phi) is 5.75.